The number of aromatic nitrogens is 1. The zero-order valence-electron chi connectivity index (χ0n) is 21.5. The van der Waals surface area contributed by atoms with Crippen molar-refractivity contribution < 1.29 is 37.0 Å². The average Bonchev–Trinajstić information content (AvgIpc) is 3.22. The van der Waals surface area contributed by atoms with Crippen LogP contribution in [0, 0.1) is 0 Å². The van der Waals surface area contributed by atoms with Crippen molar-refractivity contribution in [2.75, 3.05) is 19.8 Å². The summed E-state index contributed by atoms with van der Waals surface area (Å²) in [5.74, 6) is -1.44. The first-order valence-electron chi connectivity index (χ1n) is 12.1. The Kier molecular flexibility index (Phi) is 9.40. The van der Waals surface area contributed by atoms with E-state index in [1.807, 2.05) is 0 Å². The fourth-order valence-electron chi connectivity index (χ4n) is 4.02. The van der Waals surface area contributed by atoms with Crippen molar-refractivity contribution in [3.05, 3.63) is 94.0 Å². The number of fused-ring (bicyclic) bond motifs is 1. The molecule has 0 spiro atoms. The minimum absolute atomic E-state index is 0.0708. The van der Waals surface area contributed by atoms with E-state index in [-0.39, 0.29) is 34.7 Å². The molecule has 0 N–H and O–H groups in total. The number of rotatable bonds is 8. The van der Waals surface area contributed by atoms with E-state index in [1.165, 1.54) is 37.3 Å². The maximum absolute atomic E-state index is 14.2. The van der Waals surface area contributed by atoms with Crippen LogP contribution in [-0.4, -0.2) is 42.5 Å². The van der Waals surface area contributed by atoms with Crippen LogP contribution in [0.2, 0.25) is 5.02 Å². The Hall–Kier alpha value is -3.42. The van der Waals surface area contributed by atoms with Gasteiger partial charge in [0, 0.05) is 5.02 Å². The van der Waals surface area contributed by atoms with Gasteiger partial charge >= 0.3 is 18.1 Å². The van der Waals surface area contributed by atoms with Crippen molar-refractivity contribution in [1.82, 2.24) is 4.57 Å². The van der Waals surface area contributed by atoms with E-state index < -0.39 is 41.0 Å². The molecule has 216 valence electrons. The van der Waals surface area contributed by atoms with Crippen LogP contribution in [0.25, 0.3) is 6.08 Å². The SMILES string of the molecule is CCOC(=O)COc1ccc(/C=c2\sc3n(c2=O)[C@H](c2ccc(Cl)cc2)C(C(=O)OCC)=C(C(F)(F)F)N=3)cc1Br. The molecule has 0 saturated heterocycles. The summed E-state index contributed by atoms with van der Waals surface area (Å²) in [6.45, 7) is 2.86. The Morgan fingerprint density at radius 1 is 1.12 bits per heavy atom. The molecule has 1 atom stereocenters. The van der Waals surface area contributed by atoms with Crippen LogP contribution in [0.1, 0.15) is 31.0 Å². The van der Waals surface area contributed by atoms with Gasteiger partial charge < -0.3 is 14.2 Å². The van der Waals surface area contributed by atoms with Gasteiger partial charge in [-0.15, -0.1) is 0 Å². The summed E-state index contributed by atoms with van der Waals surface area (Å²) in [7, 11) is 0. The third-order valence-corrected chi connectivity index (χ3v) is 7.54. The summed E-state index contributed by atoms with van der Waals surface area (Å²) in [5.41, 5.74) is -2.17. The number of thiazole rings is 1. The number of carbonyl (C=O) groups excluding carboxylic acids is 2. The number of allylic oxidation sites excluding steroid dienone is 1. The second kappa shape index (κ2) is 12.6. The summed E-state index contributed by atoms with van der Waals surface area (Å²) in [5, 5.41) is 0.319. The molecule has 0 radical (unpaired) electrons. The molecule has 0 fully saturated rings. The van der Waals surface area contributed by atoms with Gasteiger partial charge in [-0.1, -0.05) is 41.1 Å². The molecule has 1 aliphatic heterocycles. The monoisotopic (exact) mass is 672 g/mol. The number of ether oxygens (including phenoxy) is 3. The number of hydrogen-bond donors (Lipinski definition) is 0. The van der Waals surface area contributed by atoms with Crippen LogP contribution < -0.4 is 19.6 Å². The highest BCUT2D eigenvalue weighted by molar-refractivity contribution is 9.10. The molecule has 0 aliphatic carbocycles. The van der Waals surface area contributed by atoms with Crippen molar-refractivity contribution in [2.45, 2.75) is 26.1 Å². The fourth-order valence-corrected chi connectivity index (χ4v) is 5.65. The molecule has 4 rings (SSSR count). The lowest BCUT2D eigenvalue weighted by Crippen LogP contribution is -2.41. The van der Waals surface area contributed by atoms with Crippen LogP contribution in [0.5, 0.6) is 5.75 Å². The predicted molar refractivity (Wildman–Crippen MR) is 149 cm³/mol. The second-order valence-electron chi connectivity index (χ2n) is 8.40. The summed E-state index contributed by atoms with van der Waals surface area (Å²) in [6.07, 6.45) is -3.53. The first kappa shape index (κ1) is 30.5. The van der Waals surface area contributed by atoms with Gasteiger partial charge in [0.05, 0.1) is 33.8 Å². The van der Waals surface area contributed by atoms with Crippen molar-refractivity contribution >= 4 is 56.9 Å². The van der Waals surface area contributed by atoms with Crippen molar-refractivity contribution in [3.8, 4) is 5.75 Å². The fraction of sp³-hybridized carbons (Fsp3) is 0.259. The highest BCUT2D eigenvalue weighted by Gasteiger charge is 2.45. The van der Waals surface area contributed by atoms with Gasteiger partial charge in [0.15, 0.2) is 17.1 Å². The molecular formula is C27H21BrClF3N2O6S. The molecule has 8 nitrogen and oxygen atoms in total. The zero-order valence-corrected chi connectivity index (χ0v) is 24.6. The molecule has 1 aromatic heterocycles. The number of nitrogens with zero attached hydrogens (tertiary/aromatic N) is 2. The molecule has 0 bridgehead atoms. The van der Waals surface area contributed by atoms with Gasteiger partial charge in [-0.25, -0.2) is 14.6 Å². The third kappa shape index (κ3) is 6.74. The number of hydrogen-bond acceptors (Lipinski definition) is 8. The van der Waals surface area contributed by atoms with Crippen LogP contribution in [-0.2, 0) is 19.1 Å². The highest BCUT2D eigenvalue weighted by atomic mass is 79.9. The molecule has 14 heteroatoms. The van der Waals surface area contributed by atoms with Crippen molar-refractivity contribution in [2.24, 2.45) is 4.99 Å². The summed E-state index contributed by atoms with van der Waals surface area (Å²) < 4.78 is 59.5. The Balaban J connectivity index is 1.86. The van der Waals surface area contributed by atoms with Crippen LogP contribution >= 0.6 is 38.9 Å². The number of carbonyl (C=O) groups is 2. The van der Waals surface area contributed by atoms with Crippen molar-refractivity contribution in [1.29, 1.82) is 0 Å². The molecule has 41 heavy (non-hydrogen) atoms. The van der Waals surface area contributed by atoms with E-state index in [4.69, 9.17) is 25.8 Å². The minimum Gasteiger partial charge on any atom is -0.481 e. The highest BCUT2D eigenvalue weighted by Crippen LogP contribution is 2.38. The van der Waals surface area contributed by atoms with Crippen molar-refractivity contribution in [3.63, 3.8) is 0 Å². The van der Waals surface area contributed by atoms with Gasteiger partial charge in [0.2, 0.25) is 0 Å². The molecule has 0 unspecified atom stereocenters. The van der Waals surface area contributed by atoms with E-state index in [2.05, 4.69) is 20.9 Å². The quantitative estimate of drug-likeness (QED) is 0.322. The molecule has 3 aromatic rings. The smallest absolute Gasteiger partial charge is 0.434 e. The lowest BCUT2D eigenvalue weighted by atomic mass is 9.95. The Labute approximate surface area is 248 Å². The molecule has 1 aliphatic rings. The summed E-state index contributed by atoms with van der Waals surface area (Å²) in [4.78, 5) is 41.6. The standard InChI is InChI=1S/C27H21BrClF3N2O6S/c1-3-38-20(35)13-40-18-10-5-14(11-17(18)28)12-19-24(36)34-22(15-6-8-16(29)9-7-15)21(25(37)39-4-2)23(27(30,31)32)33-26(34)41-19/h5-12,22H,3-4,13H2,1-2H3/b19-12-/t22-/m1/s1. The Morgan fingerprint density at radius 2 is 1.80 bits per heavy atom. The number of alkyl halides is 3. The van der Waals surface area contributed by atoms with Crippen LogP contribution in [0.4, 0.5) is 13.2 Å². The van der Waals surface area contributed by atoms with Gasteiger partial charge in [0.1, 0.15) is 5.75 Å². The normalized spacial score (nSPS) is 15.3. The van der Waals surface area contributed by atoms with E-state index in [1.54, 1.807) is 25.1 Å². The number of esters is 2. The van der Waals surface area contributed by atoms with Gasteiger partial charge in [-0.3, -0.25) is 9.36 Å². The minimum atomic E-state index is -5.01. The topological polar surface area (TPSA) is 96.2 Å². The van der Waals surface area contributed by atoms with Gasteiger partial charge in [-0.05, 0) is 71.2 Å². The predicted octanol–water partition coefficient (Wildman–Crippen LogP) is 4.70. The maximum atomic E-state index is 14.2. The first-order chi connectivity index (χ1) is 19.4. The molecule has 0 saturated carbocycles. The summed E-state index contributed by atoms with van der Waals surface area (Å²) in [6, 6.07) is 9.09. The lowest BCUT2D eigenvalue weighted by molar-refractivity contribution is -0.145. The second-order valence-corrected chi connectivity index (χ2v) is 10.7. The number of benzene rings is 2. The third-order valence-electron chi connectivity index (χ3n) is 5.69. The summed E-state index contributed by atoms with van der Waals surface area (Å²) >= 11 is 10.1. The zero-order chi connectivity index (χ0) is 29.9. The Morgan fingerprint density at radius 3 is 2.41 bits per heavy atom. The lowest BCUT2D eigenvalue weighted by Gasteiger charge is -2.26. The molecule has 0 amide bonds. The van der Waals surface area contributed by atoms with E-state index >= 15 is 0 Å². The largest absolute Gasteiger partial charge is 0.481 e. The Bertz CT molecular complexity index is 1700. The maximum Gasteiger partial charge on any atom is 0.434 e. The van der Waals surface area contributed by atoms with E-state index in [0.717, 1.165) is 15.9 Å². The van der Waals surface area contributed by atoms with E-state index in [0.29, 0.717) is 20.8 Å². The molecule has 2 aromatic carbocycles. The van der Waals surface area contributed by atoms with Gasteiger partial charge in [0.25, 0.3) is 5.56 Å². The van der Waals surface area contributed by atoms with E-state index in [9.17, 15) is 27.6 Å². The van der Waals surface area contributed by atoms with Gasteiger partial charge in [-0.2, -0.15) is 13.2 Å². The average molecular weight is 674 g/mol. The van der Waals surface area contributed by atoms with Crippen LogP contribution in [0.15, 0.2) is 68.0 Å². The molecule has 2 heterocycles. The first-order valence-corrected chi connectivity index (χ1v) is 14.1. The molecular weight excluding hydrogens is 653 g/mol. The van der Waals surface area contributed by atoms with Crippen LogP contribution in [0.3, 0.4) is 0 Å². The number of halogens is 5.